The lowest BCUT2D eigenvalue weighted by molar-refractivity contribution is -0.142. The average Bonchev–Trinajstić information content (AvgIpc) is 3.97. The van der Waals surface area contributed by atoms with Gasteiger partial charge < -0.3 is 9.13 Å². The molecule has 0 unspecified atom stereocenters. The lowest BCUT2D eigenvalue weighted by Gasteiger charge is -2.22. The van der Waals surface area contributed by atoms with Gasteiger partial charge in [0.15, 0.2) is 0 Å². The number of halogens is 6. The van der Waals surface area contributed by atoms with Crippen LogP contribution in [0.15, 0.2) is 176 Å². The van der Waals surface area contributed by atoms with Crippen LogP contribution < -0.4 is 0 Å². The molecule has 0 radical (unpaired) electrons. The Balaban J connectivity index is 1.20. The van der Waals surface area contributed by atoms with E-state index < -0.39 is 29.0 Å². The van der Waals surface area contributed by atoms with Crippen molar-refractivity contribution in [3.8, 4) is 73.1 Å². The number of fused-ring (bicyclic) bond motifs is 6. The standard InChI is InChI=1S/C71H53F6N3/c1-39-9-18-53(43(5)27-39)47-13-23-64-58(31-47)59-32-48(54-19-10-40(2)28-44(54)6)14-24-65(59)79(64)68-37-62(57-22-17-52(70(72,73)74)36-63(57)71(75,76)77)69(35-51(68)38-78)80-66-25-15-49(55-20-11-41(3)29-45(55)7)33-60(66)61-34-50(16-26-67(61)80)56-21-12-42(4)30-46(56)8/h9-37H,1-8H3. The van der Waals surface area contributed by atoms with Crippen molar-refractivity contribution in [2.75, 3.05) is 0 Å². The molecule has 0 aliphatic heterocycles. The van der Waals surface area contributed by atoms with Crippen LogP contribution in [-0.2, 0) is 12.4 Å². The summed E-state index contributed by atoms with van der Waals surface area (Å²) in [6.45, 7) is 16.4. The monoisotopic (exact) mass is 1060 g/mol. The average molecular weight is 1060 g/mol. The Morgan fingerprint density at radius 2 is 0.662 bits per heavy atom. The Morgan fingerprint density at radius 3 is 0.975 bits per heavy atom. The van der Waals surface area contributed by atoms with Gasteiger partial charge in [0, 0.05) is 27.1 Å². The van der Waals surface area contributed by atoms with Crippen LogP contribution in [0.5, 0.6) is 0 Å². The van der Waals surface area contributed by atoms with E-state index in [1.54, 1.807) is 12.1 Å². The van der Waals surface area contributed by atoms with E-state index in [0.717, 1.165) is 117 Å². The van der Waals surface area contributed by atoms with Crippen LogP contribution in [0, 0.1) is 66.7 Å². The van der Waals surface area contributed by atoms with Crippen molar-refractivity contribution >= 4 is 43.6 Å². The van der Waals surface area contributed by atoms with Gasteiger partial charge in [-0.05, 0) is 201 Å². The summed E-state index contributed by atoms with van der Waals surface area (Å²) in [6.07, 6.45) is -10.3. The van der Waals surface area contributed by atoms with Crippen molar-refractivity contribution in [3.05, 3.63) is 237 Å². The summed E-state index contributed by atoms with van der Waals surface area (Å²) in [5.41, 5.74) is 16.4. The molecule has 3 nitrogen and oxygen atoms in total. The molecule has 0 aliphatic rings. The molecule has 2 heterocycles. The zero-order chi connectivity index (χ0) is 56.3. The second-order valence-electron chi connectivity index (χ2n) is 21.6. The molecule has 0 aliphatic carbocycles. The Morgan fingerprint density at radius 1 is 0.325 bits per heavy atom. The van der Waals surface area contributed by atoms with Crippen LogP contribution in [0.3, 0.4) is 0 Å². The van der Waals surface area contributed by atoms with Gasteiger partial charge in [-0.15, -0.1) is 0 Å². The van der Waals surface area contributed by atoms with E-state index in [0.29, 0.717) is 28.1 Å². The predicted molar refractivity (Wildman–Crippen MR) is 315 cm³/mol. The van der Waals surface area contributed by atoms with Gasteiger partial charge in [-0.1, -0.05) is 125 Å². The van der Waals surface area contributed by atoms with E-state index >= 15 is 13.2 Å². The number of aryl methyl sites for hydroxylation is 8. The summed E-state index contributed by atoms with van der Waals surface area (Å²) in [5.74, 6) is 0. The number of alkyl halides is 6. The number of hydrogen-bond donors (Lipinski definition) is 0. The van der Waals surface area contributed by atoms with Crippen LogP contribution in [-0.4, -0.2) is 9.13 Å². The first kappa shape index (κ1) is 51.6. The fraction of sp³-hybridized carbons (Fsp3) is 0.141. The normalized spacial score (nSPS) is 12.1. The van der Waals surface area contributed by atoms with E-state index in [1.165, 1.54) is 0 Å². The lowest BCUT2D eigenvalue weighted by Crippen LogP contribution is -2.13. The van der Waals surface area contributed by atoms with Crippen molar-refractivity contribution in [1.29, 1.82) is 5.26 Å². The first-order valence-corrected chi connectivity index (χ1v) is 26.5. The minimum Gasteiger partial charge on any atom is -0.309 e. The molecule has 0 bridgehead atoms. The number of hydrogen-bond acceptors (Lipinski definition) is 1. The molecule has 2 aromatic heterocycles. The van der Waals surface area contributed by atoms with Gasteiger partial charge in [0.2, 0.25) is 0 Å². The van der Waals surface area contributed by atoms with Crippen molar-refractivity contribution in [2.24, 2.45) is 0 Å². The molecule has 0 fully saturated rings. The third-order valence-corrected chi connectivity index (χ3v) is 16.0. The Hall–Kier alpha value is -9.13. The highest BCUT2D eigenvalue weighted by molar-refractivity contribution is 6.14. The molecule has 0 amide bonds. The summed E-state index contributed by atoms with van der Waals surface area (Å²) in [5, 5.41) is 14.8. The maximum atomic E-state index is 15.8. The Bertz CT molecular complexity index is 4400. The van der Waals surface area contributed by atoms with Gasteiger partial charge in [0.05, 0.1) is 50.1 Å². The second-order valence-corrected chi connectivity index (χ2v) is 21.6. The molecule has 0 saturated carbocycles. The lowest BCUT2D eigenvalue weighted by atomic mass is 9.93. The van der Waals surface area contributed by atoms with E-state index in [9.17, 15) is 18.4 Å². The van der Waals surface area contributed by atoms with Crippen molar-refractivity contribution in [2.45, 2.75) is 67.7 Å². The molecule has 0 spiro atoms. The number of aromatic nitrogens is 2. The Labute approximate surface area is 460 Å². The highest BCUT2D eigenvalue weighted by atomic mass is 19.4. The topological polar surface area (TPSA) is 33.6 Å². The molecule has 0 N–H and O–H groups in total. The third kappa shape index (κ3) is 8.80. The van der Waals surface area contributed by atoms with Crippen LogP contribution >= 0.6 is 0 Å². The van der Waals surface area contributed by atoms with Gasteiger partial charge in [-0.2, -0.15) is 31.6 Å². The molecular formula is C71H53F6N3. The van der Waals surface area contributed by atoms with E-state index in [-0.39, 0.29) is 28.6 Å². The number of nitriles is 1. The molecule has 9 heteroatoms. The first-order chi connectivity index (χ1) is 38.1. The van der Waals surface area contributed by atoms with Gasteiger partial charge in [0.25, 0.3) is 0 Å². The predicted octanol–water partition coefficient (Wildman–Crippen LogP) is 20.6. The molecule has 0 atom stereocenters. The fourth-order valence-electron chi connectivity index (χ4n) is 12.2. The van der Waals surface area contributed by atoms with Crippen molar-refractivity contribution in [1.82, 2.24) is 9.13 Å². The van der Waals surface area contributed by atoms with Crippen molar-refractivity contribution in [3.63, 3.8) is 0 Å². The summed E-state index contributed by atoms with van der Waals surface area (Å²) < 4.78 is 94.7. The molecule has 12 aromatic rings. The molecule has 12 rings (SSSR count). The number of rotatable bonds is 7. The zero-order valence-corrected chi connectivity index (χ0v) is 45.4. The fourth-order valence-corrected chi connectivity index (χ4v) is 12.2. The summed E-state index contributed by atoms with van der Waals surface area (Å²) >= 11 is 0. The highest BCUT2D eigenvalue weighted by Gasteiger charge is 2.39. The maximum Gasteiger partial charge on any atom is 0.417 e. The van der Waals surface area contributed by atoms with E-state index in [1.807, 2.05) is 85.4 Å². The van der Waals surface area contributed by atoms with Gasteiger partial charge in [-0.3, -0.25) is 0 Å². The van der Waals surface area contributed by atoms with Crippen LogP contribution in [0.25, 0.3) is 111 Å². The Kier molecular flexibility index (Phi) is 12.3. The molecular weight excluding hydrogens is 1010 g/mol. The number of nitrogens with zero attached hydrogens (tertiary/aromatic N) is 3. The SMILES string of the molecule is Cc1ccc(-c2ccc3c(c2)c2cc(-c4ccc(C)cc4C)ccc2n3-c2cc(-c3ccc(C(F)(F)F)cc3C(F)(F)F)c(-n3c4ccc(-c5ccc(C)cc5C)cc4c4cc(-c5ccc(C)cc5C)ccc43)cc2C#N)c(C)c1. The molecule has 0 saturated heterocycles. The summed E-state index contributed by atoms with van der Waals surface area (Å²) in [7, 11) is 0. The minimum absolute atomic E-state index is 0.0236. The quantitative estimate of drug-likeness (QED) is 0.146. The van der Waals surface area contributed by atoms with Gasteiger partial charge >= 0.3 is 12.4 Å². The van der Waals surface area contributed by atoms with E-state index in [4.69, 9.17) is 0 Å². The van der Waals surface area contributed by atoms with Gasteiger partial charge in [0.1, 0.15) is 6.07 Å². The maximum absolute atomic E-state index is 15.8. The molecule has 10 aromatic carbocycles. The third-order valence-electron chi connectivity index (χ3n) is 16.0. The smallest absolute Gasteiger partial charge is 0.309 e. The zero-order valence-electron chi connectivity index (χ0n) is 45.4. The minimum atomic E-state index is -5.23. The second kappa shape index (κ2) is 19.1. The van der Waals surface area contributed by atoms with E-state index in [2.05, 4.69) is 131 Å². The molecule has 80 heavy (non-hydrogen) atoms. The summed E-state index contributed by atoms with van der Waals surface area (Å²) in [6, 6.07) is 56.7. The molecule has 394 valence electrons. The summed E-state index contributed by atoms with van der Waals surface area (Å²) in [4.78, 5) is 0. The van der Waals surface area contributed by atoms with Crippen LogP contribution in [0.4, 0.5) is 26.3 Å². The van der Waals surface area contributed by atoms with Crippen LogP contribution in [0.2, 0.25) is 0 Å². The van der Waals surface area contributed by atoms with Gasteiger partial charge in [-0.25, -0.2) is 0 Å². The number of benzene rings is 10. The first-order valence-electron chi connectivity index (χ1n) is 26.5. The highest BCUT2D eigenvalue weighted by Crippen LogP contribution is 2.48. The van der Waals surface area contributed by atoms with Crippen LogP contribution in [0.1, 0.15) is 61.2 Å². The van der Waals surface area contributed by atoms with Crippen molar-refractivity contribution < 1.29 is 26.3 Å². The largest absolute Gasteiger partial charge is 0.417 e.